The predicted octanol–water partition coefficient (Wildman–Crippen LogP) is 3.22. The second-order valence-corrected chi connectivity index (χ2v) is 7.72. The van der Waals surface area contributed by atoms with Crippen LogP contribution in [0.2, 0.25) is 0 Å². The molecule has 0 unspecified atom stereocenters. The number of thiophene rings is 1. The molecule has 132 valence electrons. The lowest BCUT2D eigenvalue weighted by molar-refractivity contribution is -0.131. The quantitative estimate of drug-likeness (QED) is 0.365. The van der Waals surface area contributed by atoms with Crippen LogP contribution in [0.4, 0.5) is 0 Å². The molecule has 0 bridgehead atoms. The zero-order valence-corrected chi connectivity index (χ0v) is 15.9. The van der Waals surface area contributed by atoms with Crippen LogP contribution in [0.5, 0.6) is 5.75 Å². The smallest absolute Gasteiger partial charge is 0.308 e. The zero-order valence-electron chi connectivity index (χ0n) is 13.4. The summed E-state index contributed by atoms with van der Waals surface area (Å²) in [5.74, 6) is -0.761. The van der Waals surface area contributed by atoms with Crippen molar-refractivity contribution in [2.75, 3.05) is 0 Å². The lowest BCUT2D eigenvalue weighted by Gasteiger charge is -2.14. The van der Waals surface area contributed by atoms with Gasteiger partial charge in [-0.05, 0) is 47.4 Å². The van der Waals surface area contributed by atoms with Crippen LogP contribution in [0.25, 0.3) is 6.08 Å². The van der Waals surface area contributed by atoms with Gasteiger partial charge in [-0.2, -0.15) is 5.01 Å². The molecule has 0 radical (unpaired) electrons. The van der Waals surface area contributed by atoms with Crippen molar-refractivity contribution in [3.8, 4) is 5.75 Å². The number of esters is 1. The lowest BCUT2D eigenvalue weighted by atomic mass is 10.2. The third-order valence-electron chi connectivity index (χ3n) is 3.19. The first kappa shape index (κ1) is 18.3. The molecule has 1 aliphatic heterocycles. The Kier molecular flexibility index (Phi) is 5.50. The minimum Gasteiger partial charge on any atom is -0.427 e. The van der Waals surface area contributed by atoms with E-state index in [1.807, 2.05) is 0 Å². The number of thioether (sulfide) groups is 1. The van der Waals surface area contributed by atoms with Gasteiger partial charge in [0.05, 0.1) is 9.78 Å². The second-order valence-electron chi connectivity index (χ2n) is 5.10. The SMILES string of the molecule is CC(=O)Oc1ccc(/C=C2/SC(=S)N(NC(=O)c3cccs3)C2=O)cc1. The number of ether oxygens (including phenoxy) is 1. The van der Waals surface area contributed by atoms with Gasteiger partial charge in [0, 0.05) is 6.92 Å². The molecule has 3 rings (SSSR count). The molecular formula is C17H12N2O4S3. The summed E-state index contributed by atoms with van der Waals surface area (Å²) in [5, 5.41) is 2.85. The van der Waals surface area contributed by atoms with E-state index in [1.165, 1.54) is 18.3 Å². The first-order chi connectivity index (χ1) is 12.4. The number of benzene rings is 1. The predicted molar refractivity (Wildman–Crippen MR) is 105 cm³/mol. The maximum atomic E-state index is 12.5. The first-order valence-corrected chi connectivity index (χ1v) is 9.45. The Labute approximate surface area is 162 Å². The fourth-order valence-electron chi connectivity index (χ4n) is 2.08. The molecule has 9 heteroatoms. The van der Waals surface area contributed by atoms with Gasteiger partial charge in [0.1, 0.15) is 5.75 Å². The molecule has 0 saturated carbocycles. The van der Waals surface area contributed by atoms with Crippen LogP contribution in [-0.2, 0) is 9.59 Å². The normalized spacial score (nSPS) is 15.4. The van der Waals surface area contributed by atoms with E-state index in [9.17, 15) is 14.4 Å². The van der Waals surface area contributed by atoms with Gasteiger partial charge in [-0.25, -0.2) is 0 Å². The summed E-state index contributed by atoms with van der Waals surface area (Å²) in [6, 6.07) is 10.1. The highest BCUT2D eigenvalue weighted by atomic mass is 32.2. The van der Waals surface area contributed by atoms with Crippen LogP contribution < -0.4 is 10.2 Å². The Balaban J connectivity index is 1.72. The average molecular weight is 404 g/mol. The molecule has 2 amide bonds. The Morgan fingerprint density at radius 3 is 2.58 bits per heavy atom. The van der Waals surface area contributed by atoms with Gasteiger partial charge in [0.2, 0.25) is 0 Å². The van der Waals surface area contributed by atoms with E-state index < -0.39 is 11.9 Å². The Bertz CT molecular complexity index is 905. The van der Waals surface area contributed by atoms with E-state index in [0.29, 0.717) is 15.5 Å². The monoisotopic (exact) mass is 404 g/mol. The van der Waals surface area contributed by atoms with Gasteiger partial charge in [-0.3, -0.25) is 19.8 Å². The summed E-state index contributed by atoms with van der Waals surface area (Å²) >= 11 is 7.56. The van der Waals surface area contributed by atoms with Crippen molar-refractivity contribution in [3.05, 3.63) is 57.1 Å². The number of hydrogen-bond donors (Lipinski definition) is 1. The first-order valence-electron chi connectivity index (χ1n) is 7.35. The van der Waals surface area contributed by atoms with Gasteiger partial charge in [-0.15, -0.1) is 11.3 Å². The summed E-state index contributed by atoms with van der Waals surface area (Å²) in [7, 11) is 0. The Hall–Kier alpha value is -2.49. The minimum absolute atomic E-state index is 0.252. The molecule has 1 saturated heterocycles. The summed E-state index contributed by atoms with van der Waals surface area (Å²) in [6.07, 6.45) is 1.66. The van der Waals surface area contributed by atoms with Gasteiger partial charge >= 0.3 is 5.97 Å². The molecule has 1 aromatic carbocycles. The number of hydrogen-bond acceptors (Lipinski definition) is 7. The maximum Gasteiger partial charge on any atom is 0.308 e. The average Bonchev–Trinajstić information content (AvgIpc) is 3.21. The standard InChI is InChI=1S/C17H12N2O4S3/c1-10(20)23-12-6-4-11(5-7-12)9-14-16(22)19(17(24)26-14)18-15(21)13-3-2-8-25-13/h2-9H,1H3,(H,18,21)/b14-9+. The molecule has 2 heterocycles. The van der Waals surface area contributed by atoms with E-state index in [-0.39, 0.29) is 10.2 Å². The lowest BCUT2D eigenvalue weighted by Crippen LogP contribution is -2.44. The highest BCUT2D eigenvalue weighted by Gasteiger charge is 2.33. The summed E-state index contributed by atoms with van der Waals surface area (Å²) < 4.78 is 5.22. The number of nitrogens with zero attached hydrogens (tertiary/aromatic N) is 1. The summed E-state index contributed by atoms with van der Waals surface area (Å²) in [5.41, 5.74) is 3.26. The largest absolute Gasteiger partial charge is 0.427 e. The van der Waals surface area contributed by atoms with Crippen LogP contribution >= 0.6 is 35.3 Å². The van der Waals surface area contributed by atoms with Crippen molar-refractivity contribution in [2.24, 2.45) is 0 Å². The Morgan fingerprint density at radius 1 is 1.23 bits per heavy atom. The van der Waals surface area contributed by atoms with E-state index >= 15 is 0 Å². The molecule has 26 heavy (non-hydrogen) atoms. The number of rotatable bonds is 4. The van der Waals surface area contributed by atoms with Gasteiger partial charge < -0.3 is 4.74 Å². The molecular weight excluding hydrogens is 392 g/mol. The van der Waals surface area contributed by atoms with Crippen LogP contribution in [0.3, 0.4) is 0 Å². The highest BCUT2D eigenvalue weighted by Crippen LogP contribution is 2.31. The third kappa shape index (κ3) is 4.18. The summed E-state index contributed by atoms with van der Waals surface area (Å²) in [6.45, 7) is 1.32. The number of hydrazine groups is 1. The molecule has 0 atom stereocenters. The number of nitrogens with one attached hydrogen (secondary N) is 1. The van der Waals surface area contributed by atoms with Crippen LogP contribution in [0.1, 0.15) is 22.2 Å². The molecule has 1 N–H and O–H groups in total. The minimum atomic E-state index is -0.403. The van der Waals surface area contributed by atoms with Crippen molar-refractivity contribution in [1.29, 1.82) is 0 Å². The topological polar surface area (TPSA) is 75.7 Å². The van der Waals surface area contributed by atoms with Gasteiger partial charge in [0.15, 0.2) is 4.32 Å². The van der Waals surface area contributed by atoms with Crippen LogP contribution in [0, 0.1) is 0 Å². The van der Waals surface area contributed by atoms with E-state index in [0.717, 1.165) is 22.3 Å². The van der Waals surface area contributed by atoms with Crippen molar-refractivity contribution < 1.29 is 19.1 Å². The van der Waals surface area contributed by atoms with Crippen molar-refractivity contribution in [2.45, 2.75) is 6.92 Å². The fraction of sp³-hybridized carbons (Fsp3) is 0.0588. The Morgan fingerprint density at radius 2 is 1.96 bits per heavy atom. The van der Waals surface area contributed by atoms with E-state index in [1.54, 1.807) is 47.9 Å². The number of amides is 2. The molecule has 2 aromatic rings. The third-order valence-corrected chi connectivity index (χ3v) is 5.36. The molecule has 0 aliphatic carbocycles. The van der Waals surface area contributed by atoms with Crippen molar-refractivity contribution >= 4 is 63.5 Å². The van der Waals surface area contributed by atoms with Crippen LogP contribution in [-0.4, -0.2) is 27.1 Å². The maximum absolute atomic E-state index is 12.5. The van der Waals surface area contributed by atoms with E-state index in [4.69, 9.17) is 17.0 Å². The number of carbonyl (C=O) groups excluding carboxylic acids is 3. The van der Waals surface area contributed by atoms with Crippen molar-refractivity contribution in [3.63, 3.8) is 0 Å². The molecule has 1 fully saturated rings. The summed E-state index contributed by atoms with van der Waals surface area (Å²) in [4.78, 5) is 36.4. The second kappa shape index (κ2) is 7.81. The molecule has 0 spiro atoms. The molecule has 1 aromatic heterocycles. The number of carbonyl (C=O) groups is 3. The zero-order chi connectivity index (χ0) is 18.7. The highest BCUT2D eigenvalue weighted by molar-refractivity contribution is 8.26. The van der Waals surface area contributed by atoms with Crippen molar-refractivity contribution in [1.82, 2.24) is 10.4 Å². The molecule has 6 nitrogen and oxygen atoms in total. The van der Waals surface area contributed by atoms with Gasteiger partial charge in [-0.1, -0.05) is 30.0 Å². The molecule has 1 aliphatic rings. The van der Waals surface area contributed by atoms with Crippen LogP contribution in [0.15, 0.2) is 46.7 Å². The van der Waals surface area contributed by atoms with E-state index in [2.05, 4.69) is 5.43 Å². The van der Waals surface area contributed by atoms with Gasteiger partial charge in [0.25, 0.3) is 11.8 Å². The fourth-order valence-corrected chi connectivity index (χ4v) is 3.87. The number of thiocarbonyl (C=S) groups is 1.